The third kappa shape index (κ3) is 4.54. The summed E-state index contributed by atoms with van der Waals surface area (Å²) < 4.78 is 6.94. The molecule has 5 rings (SSSR count). The highest BCUT2D eigenvalue weighted by molar-refractivity contribution is 7.22. The van der Waals surface area contributed by atoms with Crippen LogP contribution >= 0.6 is 11.3 Å². The molecule has 0 spiro atoms. The fourth-order valence-corrected chi connectivity index (χ4v) is 4.70. The molecule has 6 heteroatoms. The molecule has 0 bridgehead atoms. The van der Waals surface area contributed by atoms with E-state index in [0.29, 0.717) is 23.0 Å². The van der Waals surface area contributed by atoms with E-state index in [1.807, 2.05) is 54.6 Å². The second-order valence-corrected chi connectivity index (χ2v) is 9.05. The molecule has 0 atom stereocenters. The number of rotatable bonds is 6. The molecule has 3 aromatic carbocycles. The second-order valence-electron chi connectivity index (χ2n) is 8.04. The zero-order valence-corrected chi connectivity index (χ0v) is 19.8. The van der Waals surface area contributed by atoms with Crippen LogP contribution in [0.15, 0.2) is 91.3 Å². The van der Waals surface area contributed by atoms with Crippen LogP contribution in [0.5, 0.6) is 11.5 Å². The summed E-state index contributed by atoms with van der Waals surface area (Å²) in [6.07, 6.45) is 3.50. The number of para-hydroxylation sites is 1. The van der Waals surface area contributed by atoms with Crippen molar-refractivity contribution in [1.82, 2.24) is 9.97 Å². The smallest absolute Gasteiger partial charge is 0.260 e. The van der Waals surface area contributed by atoms with Crippen molar-refractivity contribution < 1.29 is 9.53 Å². The van der Waals surface area contributed by atoms with Gasteiger partial charge in [-0.2, -0.15) is 0 Å². The maximum absolute atomic E-state index is 13.7. The van der Waals surface area contributed by atoms with Gasteiger partial charge in [0.05, 0.1) is 16.8 Å². The number of nitrogens with zero attached hydrogens (tertiary/aromatic N) is 3. The summed E-state index contributed by atoms with van der Waals surface area (Å²) in [7, 11) is 0. The molecule has 5 aromatic rings. The van der Waals surface area contributed by atoms with Crippen molar-refractivity contribution >= 4 is 32.6 Å². The van der Waals surface area contributed by atoms with Gasteiger partial charge in [0.15, 0.2) is 5.13 Å². The molecule has 34 heavy (non-hydrogen) atoms. The Morgan fingerprint density at radius 3 is 2.41 bits per heavy atom. The molecule has 0 aliphatic carbocycles. The predicted octanol–water partition coefficient (Wildman–Crippen LogP) is 6.95. The average molecular weight is 466 g/mol. The van der Waals surface area contributed by atoms with Gasteiger partial charge in [-0.3, -0.25) is 14.7 Å². The van der Waals surface area contributed by atoms with E-state index in [0.717, 1.165) is 27.1 Å². The maximum Gasteiger partial charge on any atom is 0.260 e. The van der Waals surface area contributed by atoms with Crippen molar-refractivity contribution in [3.05, 3.63) is 114 Å². The van der Waals surface area contributed by atoms with Crippen LogP contribution in [0, 0.1) is 13.8 Å². The zero-order valence-electron chi connectivity index (χ0n) is 18.9. The molecule has 0 saturated carbocycles. The molecule has 168 valence electrons. The number of aryl methyl sites for hydroxylation is 2. The Bertz CT molecular complexity index is 1430. The molecule has 0 fully saturated rings. The fraction of sp³-hybridized carbons (Fsp3) is 0.107. The van der Waals surface area contributed by atoms with Crippen LogP contribution in [-0.4, -0.2) is 15.9 Å². The number of pyridine rings is 1. The van der Waals surface area contributed by atoms with Crippen LogP contribution in [0.25, 0.3) is 10.2 Å². The number of hydrogen-bond acceptors (Lipinski definition) is 5. The summed E-state index contributed by atoms with van der Waals surface area (Å²) in [5.41, 5.74) is 4.76. The Morgan fingerprint density at radius 2 is 1.68 bits per heavy atom. The number of aromatic nitrogens is 2. The molecule has 1 amide bonds. The van der Waals surface area contributed by atoms with Gasteiger partial charge < -0.3 is 4.74 Å². The molecule has 0 unspecified atom stereocenters. The number of ether oxygens (including phenoxy) is 1. The quantitative estimate of drug-likeness (QED) is 0.272. The van der Waals surface area contributed by atoms with Crippen LogP contribution < -0.4 is 9.64 Å². The van der Waals surface area contributed by atoms with E-state index < -0.39 is 0 Å². The normalized spacial score (nSPS) is 10.9. The summed E-state index contributed by atoms with van der Waals surface area (Å²) in [4.78, 5) is 24.5. The molecule has 0 aliphatic heterocycles. The van der Waals surface area contributed by atoms with Gasteiger partial charge in [0.1, 0.15) is 11.5 Å². The van der Waals surface area contributed by atoms with Gasteiger partial charge in [-0.05, 0) is 79.1 Å². The Kier molecular flexibility index (Phi) is 6.06. The third-order valence-electron chi connectivity index (χ3n) is 5.69. The lowest BCUT2D eigenvalue weighted by atomic mass is 10.1. The number of anilines is 1. The topological polar surface area (TPSA) is 55.3 Å². The monoisotopic (exact) mass is 465 g/mol. The number of fused-ring (bicyclic) bond motifs is 1. The van der Waals surface area contributed by atoms with Gasteiger partial charge in [0.2, 0.25) is 0 Å². The van der Waals surface area contributed by atoms with Gasteiger partial charge in [0, 0.05) is 18.0 Å². The van der Waals surface area contributed by atoms with Gasteiger partial charge in [-0.1, -0.05) is 41.7 Å². The number of carbonyl (C=O) groups is 1. The van der Waals surface area contributed by atoms with Crippen molar-refractivity contribution in [2.45, 2.75) is 20.4 Å². The van der Waals surface area contributed by atoms with Gasteiger partial charge in [-0.15, -0.1) is 0 Å². The Hall–Kier alpha value is -4.03. The molecule has 0 saturated heterocycles. The van der Waals surface area contributed by atoms with E-state index in [1.54, 1.807) is 29.4 Å². The van der Waals surface area contributed by atoms with Crippen LogP contribution in [-0.2, 0) is 6.54 Å². The summed E-state index contributed by atoms with van der Waals surface area (Å²) in [6.45, 7) is 4.53. The highest BCUT2D eigenvalue weighted by atomic mass is 32.1. The van der Waals surface area contributed by atoms with E-state index in [9.17, 15) is 4.79 Å². The van der Waals surface area contributed by atoms with Crippen molar-refractivity contribution in [3.8, 4) is 11.5 Å². The first-order chi connectivity index (χ1) is 16.6. The van der Waals surface area contributed by atoms with Gasteiger partial charge in [-0.25, -0.2) is 4.98 Å². The first-order valence-corrected chi connectivity index (χ1v) is 11.8. The lowest BCUT2D eigenvalue weighted by Gasteiger charge is -2.20. The molecule has 0 radical (unpaired) electrons. The third-order valence-corrected chi connectivity index (χ3v) is 6.74. The van der Waals surface area contributed by atoms with Crippen molar-refractivity contribution in [2.75, 3.05) is 4.90 Å². The molecule has 0 aliphatic rings. The van der Waals surface area contributed by atoms with E-state index in [2.05, 4.69) is 31.0 Å². The number of hydrogen-bond donors (Lipinski definition) is 0. The van der Waals surface area contributed by atoms with Crippen LogP contribution in [0.3, 0.4) is 0 Å². The number of amides is 1. The van der Waals surface area contributed by atoms with E-state index >= 15 is 0 Å². The first kappa shape index (κ1) is 21.8. The lowest BCUT2D eigenvalue weighted by Crippen LogP contribution is -2.30. The number of benzene rings is 3. The van der Waals surface area contributed by atoms with Gasteiger partial charge >= 0.3 is 0 Å². The minimum absolute atomic E-state index is 0.122. The van der Waals surface area contributed by atoms with Crippen molar-refractivity contribution in [1.29, 1.82) is 0 Å². The van der Waals surface area contributed by atoms with E-state index in [4.69, 9.17) is 9.72 Å². The summed E-state index contributed by atoms with van der Waals surface area (Å²) >= 11 is 1.52. The Labute approximate surface area is 202 Å². The first-order valence-electron chi connectivity index (χ1n) is 11.0. The maximum atomic E-state index is 13.7. The lowest BCUT2D eigenvalue weighted by molar-refractivity contribution is 0.0985. The highest BCUT2D eigenvalue weighted by Gasteiger charge is 2.22. The van der Waals surface area contributed by atoms with E-state index in [-0.39, 0.29) is 5.91 Å². The fourth-order valence-electron chi connectivity index (χ4n) is 3.68. The summed E-state index contributed by atoms with van der Waals surface area (Å²) in [5, 5.41) is 0.669. The van der Waals surface area contributed by atoms with E-state index in [1.165, 1.54) is 16.9 Å². The van der Waals surface area contributed by atoms with Crippen LogP contribution in [0.2, 0.25) is 0 Å². The molecule has 0 N–H and O–H groups in total. The number of carbonyl (C=O) groups excluding carboxylic acids is 1. The average Bonchev–Trinajstić information content (AvgIpc) is 3.31. The second kappa shape index (κ2) is 9.45. The Balaban J connectivity index is 1.47. The predicted molar refractivity (Wildman–Crippen MR) is 137 cm³/mol. The molecule has 2 heterocycles. The largest absolute Gasteiger partial charge is 0.457 e. The zero-order chi connectivity index (χ0) is 23.5. The SMILES string of the molecule is Cc1ccc2sc(N(Cc3cccnc3)C(=O)c3ccc(Oc4ccccc4)cc3)nc2c1C. The van der Waals surface area contributed by atoms with Crippen molar-refractivity contribution in [2.24, 2.45) is 0 Å². The molecule has 5 nitrogen and oxygen atoms in total. The Morgan fingerprint density at radius 1 is 0.912 bits per heavy atom. The van der Waals surface area contributed by atoms with Gasteiger partial charge in [0.25, 0.3) is 5.91 Å². The summed E-state index contributed by atoms with van der Waals surface area (Å²) in [5.74, 6) is 1.30. The molecule has 2 aromatic heterocycles. The highest BCUT2D eigenvalue weighted by Crippen LogP contribution is 2.33. The molecular formula is C28H23N3O2S. The van der Waals surface area contributed by atoms with Crippen LogP contribution in [0.4, 0.5) is 5.13 Å². The minimum Gasteiger partial charge on any atom is -0.457 e. The van der Waals surface area contributed by atoms with Crippen molar-refractivity contribution in [3.63, 3.8) is 0 Å². The summed E-state index contributed by atoms with van der Waals surface area (Å²) in [6, 6.07) is 24.8. The standard InChI is InChI=1S/C28H23N3O2S/c1-19-10-15-25-26(20(19)2)30-28(34-25)31(18-21-7-6-16-29-17-21)27(32)22-11-13-24(14-12-22)33-23-8-4-3-5-9-23/h3-17H,18H2,1-2H3. The minimum atomic E-state index is -0.122. The number of thiazole rings is 1. The van der Waals surface area contributed by atoms with Crippen LogP contribution in [0.1, 0.15) is 27.0 Å². The molecular weight excluding hydrogens is 442 g/mol.